The third kappa shape index (κ3) is 8.86. The average molecular weight is 591 g/mol. The second-order valence-electron chi connectivity index (χ2n) is 10.7. The lowest BCUT2D eigenvalue weighted by Gasteiger charge is -2.31. The van der Waals surface area contributed by atoms with Crippen molar-refractivity contribution in [3.8, 4) is 5.75 Å². The van der Waals surface area contributed by atoms with E-state index in [1.54, 1.807) is 23.9 Å². The van der Waals surface area contributed by atoms with Crippen molar-refractivity contribution in [2.75, 3.05) is 44.8 Å². The van der Waals surface area contributed by atoms with Crippen LogP contribution >= 0.6 is 11.8 Å². The summed E-state index contributed by atoms with van der Waals surface area (Å²) in [5.74, 6) is 2.67. The molecule has 2 aromatic rings. The van der Waals surface area contributed by atoms with Crippen LogP contribution in [-0.4, -0.2) is 85.8 Å². The number of nitrogens with zero attached hydrogens (tertiary/aromatic N) is 2. The molecule has 0 spiro atoms. The van der Waals surface area contributed by atoms with Gasteiger partial charge in [0.05, 0.1) is 24.7 Å². The van der Waals surface area contributed by atoms with Crippen LogP contribution in [-0.2, 0) is 21.2 Å². The molecular formula is C30H42N2O6S2. The van der Waals surface area contributed by atoms with Crippen LogP contribution in [0.2, 0.25) is 0 Å². The first-order chi connectivity index (χ1) is 19.3. The van der Waals surface area contributed by atoms with Crippen LogP contribution in [0.15, 0.2) is 59.5 Å². The maximum Gasteiger partial charge on any atom is 0.410 e. The summed E-state index contributed by atoms with van der Waals surface area (Å²) < 4.78 is 39.8. The molecule has 1 saturated heterocycles. The average Bonchev–Trinajstić information content (AvgIpc) is 3.49. The molecule has 220 valence electrons. The highest BCUT2D eigenvalue weighted by molar-refractivity contribution is 7.99. The van der Waals surface area contributed by atoms with E-state index in [0.717, 1.165) is 55.6 Å². The van der Waals surface area contributed by atoms with Crippen LogP contribution < -0.4 is 4.74 Å². The predicted molar refractivity (Wildman–Crippen MR) is 158 cm³/mol. The zero-order chi connectivity index (χ0) is 28.4. The minimum Gasteiger partial charge on any atom is -0.497 e. The van der Waals surface area contributed by atoms with Crippen molar-refractivity contribution in [3.63, 3.8) is 0 Å². The van der Waals surface area contributed by atoms with Crippen molar-refractivity contribution in [2.24, 2.45) is 5.92 Å². The Balaban J connectivity index is 1.48. The van der Waals surface area contributed by atoms with Gasteiger partial charge in [0.2, 0.25) is 10.0 Å². The quantitative estimate of drug-likeness (QED) is 0.358. The van der Waals surface area contributed by atoms with Gasteiger partial charge in [-0.2, -0.15) is 16.1 Å². The molecule has 1 saturated carbocycles. The Kier molecular flexibility index (Phi) is 11.6. The van der Waals surface area contributed by atoms with Crippen molar-refractivity contribution in [1.82, 2.24) is 9.21 Å². The fourth-order valence-corrected chi connectivity index (χ4v) is 7.97. The van der Waals surface area contributed by atoms with E-state index in [1.807, 2.05) is 30.3 Å². The number of thioether (sulfide) groups is 1. The van der Waals surface area contributed by atoms with Crippen molar-refractivity contribution >= 4 is 27.9 Å². The maximum absolute atomic E-state index is 13.7. The van der Waals surface area contributed by atoms with Gasteiger partial charge in [0.25, 0.3) is 0 Å². The van der Waals surface area contributed by atoms with Crippen LogP contribution in [0.25, 0.3) is 0 Å². The van der Waals surface area contributed by atoms with E-state index in [4.69, 9.17) is 9.47 Å². The number of benzene rings is 2. The third-order valence-electron chi connectivity index (χ3n) is 7.64. The van der Waals surface area contributed by atoms with Crippen molar-refractivity contribution < 1.29 is 27.8 Å². The zero-order valence-electron chi connectivity index (χ0n) is 23.3. The lowest BCUT2D eigenvalue weighted by molar-refractivity contribution is 0.0448. The van der Waals surface area contributed by atoms with E-state index < -0.39 is 22.2 Å². The number of amides is 1. The molecular weight excluding hydrogens is 548 g/mol. The van der Waals surface area contributed by atoms with Gasteiger partial charge in [0.1, 0.15) is 11.9 Å². The smallest absolute Gasteiger partial charge is 0.410 e. The number of rotatable bonds is 13. The van der Waals surface area contributed by atoms with Crippen LogP contribution in [0.4, 0.5) is 4.79 Å². The lowest BCUT2D eigenvalue weighted by Crippen LogP contribution is -2.47. The van der Waals surface area contributed by atoms with Crippen molar-refractivity contribution in [3.05, 3.63) is 60.2 Å². The predicted octanol–water partition coefficient (Wildman–Crippen LogP) is 4.81. The molecule has 0 bridgehead atoms. The Morgan fingerprint density at radius 2 is 1.75 bits per heavy atom. The summed E-state index contributed by atoms with van der Waals surface area (Å²) >= 11 is 1.78. The van der Waals surface area contributed by atoms with E-state index in [0.29, 0.717) is 25.3 Å². The summed E-state index contributed by atoms with van der Waals surface area (Å²) in [5, 5.41) is 11.2. The number of carbonyl (C=O) groups excluding carboxylic acids is 1. The Bertz CT molecular complexity index is 1150. The second-order valence-corrected chi connectivity index (χ2v) is 13.8. The standard InChI is InChI=1S/C30H42N2O6S2/c1-37-27-13-15-29(16-14-27)40(35,36)32(20-25-10-5-6-11-25)22-26(33)21-31(18-17-24-8-3-2-4-9-24)30(34)38-28-12-7-19-39-23-28/h2-4,8-9,13-16,25-26,28,33H,5-7,10-12,17-23H2,1H3/t26-,28?/m0/s1. The molecule has 8 nitrogen and oxygen atoms in total. The normalized spacial score (nSPS) is 18.9. The second kappa shape index (κ2) is 15.1. The Hall–Kier alpha value is -2.27. The van der Waals surface area contributed by atoms with Gasteiger partial charge in [-0.1, -0.05) is 43.2 Å². The summed E-state index contributed by atoms with van der Waals surface area (Å²) in [7, 11) is -2.33. The molecule has 10 heteroatoms. The molecule has 1 aliphatic heterocycles. The number of aliphatic hydroxyl groups is 1. The highest BCUT2D eigenvalue weighted by atomic mass is 32.2. The first kappa shape index (κ1) is 30.7. The molecule has 1 amide bonds. The molecule has 1 N–H and O–H groups in total. The molecule has 2 aliphatic rings. The minimum atomic E-state index is -3.86. The largest absolute Gasteiger partial charge is 0.497 e. The Morgan fingerprint density at radius 1 is 1.02 bits per heavy atom. The maximum atomic E-state index is 13.7. The monoisotopic (exact) mass is 590 g/mol. The van der Waals surface area contributed by atoms with Crippen LogP contribution in [0.5, 0.6) is 5.75 Å². The van der Waals surface area contributed by atoms with Gasteiger partial charge < -0.3 is 19.5 Å². The molecule has 1 heterocycles. The van der Waals surface area contributed by atoms with Gasteiger partial charge in [0, 0.05) is 25.4 Å². The summed E-state index contributed by atoms with van der Waals surface area (Å²) in [6, 6.07) is 16.2. The molecule has 2 fully saturated rings. The van der Waals surface area contributed by atoms with Crippen LogP contribution in [0.3, 0.4) is 0 Å². The topological polar surface area (TPSA) is 96.4 Å². The van der Waals surface area contributed by atoms with Gasteiger partial charge in [-0.3, -0.25) is 0 Å². The molecule has 1 aliphatic carbocycles. The molecule has 4 rings (SSSR count). The minimum absolute atomic E-state index is 0.00910. The van der Waals surface area contributed by atoms with Gasteiger partial charge in [-0.15, -0.1) is 0 Å². The van der Waals surface area contributed by atoms with E-state index in [1.165, 1.54) is 28.4 Å². The molecule has 1 unspecified atom stereocenters. The van der Waals surface area contributed by atoms with Crippen LogP contribution in [0, 0.1) is 5.92 Å². The van der Waals surface area contributed by atoms with E-state index >= 15 is 0 Å². The number of ether oxygens (including phenoxy) is 2. The number of aliphatic hydroxyl groups excluding tert-OH is 1. The fourth-order valence-electron chi connectivity index (χ4n) is 5.38. The summed E-state index contributed by atoms with van der Waals surface area (Å²) in [6.07, 6.45) is 4.90. The Morgan fingerprint density at radius 3 is 2.40 bits per heavy atom. The molecule has 0 radical (unpaired) electrons. The van der Waals surface area contributed by atoms with Gasteiger partial charge in [0.15, 0.2) is 0 Å². The number of carbonyl (C=O) groups is 1. The van der Waals surface area contributed by atoms with Crippen molar-refractivity contribution in [1.29, 1.82) is 0 Å². The first-order valence-corrected chi connectivity index (χ1v) is 16.8. The zero-order valence-corrected chi connectivity index (χ0v) is 25.0. The summed E-state index contributed by atoms with van der Waals surface area (Å²) in [5.41, 5.74) is 1.08. The van der Waals surface area contributed by atoms with E-state index in [2.05, 4.69) is 0 Å². The molecule has 2 aromatic carbocycles. The molecule has 2 atom stereocenters. The molecule has 0 aromatic heterocycles. The number of hydrogen-bond acceptors (Lipinski definition) is 7. The van der Waals surface area contributed by atoms with Crippen molar-refractivity contribution in [2.45, 2.75) is 62.0 Å². The van der Waals surface area contributed by atoms with Gasteiger partial charge >= 0.3 is 6.09 Å². The fraction of sp³-hybridized carbons (Fsp3) is 0.567. The SMILES string of the molecule is COc1ccc(S(=O)(=O)N(CC2CCCC2)C[C@@H](O)CN(CCc2ccccc2)C(=O)OC2CCCSC2)cc1. The lowest BCUT2D eigenvalue weighted by atomic mass is 10.1. The number of sulfonamides is 1. The molecule has 40 heavy (non-hydrogen) atoms. The number of methoxy groups -OCH3 is 1. The van der Waals surface area contributed by atoms with Gasteiger partial charge in [-0.25, -0.2) is 13.2 Å². The number of hydrogen-bond donors (Lipinski definition) is 1. The van der Waals surface area contributed by atoms with E-state index in [9.17, 15) is 18.3 Å². The first-order valence-electron chi connectivity index (χ1n) is 14.2. The van der Waals surface area contributed by atoms with E-state index in [-0.39, 0.29) is 30.0 Å². The van der Waals surface area contributed by atoms with Gasteiger partial charge in [-0.05, 0) is 73.6 Å². The summed E-state index contributed by atoms with van der Waals surface area (Å²) in [4.78, 5) is 14.9. The van der Waals surface area contributed by atoms with Crippen LogP contribution in [0.1, 0.15) is 44.1 Å². The highest BCUT2D eigenvalue weighted by Gasteiger charge is 2.32. The highest BCUT2D eigenvalue weighted by Crippen LogP contribution is 2.28. The summed E-state index contributed by atoms with van der Waals surface area (Å²) in [6.45, 7) is 0.608. The third-order valence-corrected chi connectivity index (χ3v) is 10.7. The Labute approximate surface area is 243 Å².